The molecular weight excluding hydrogens is 330 g/mol. The molecule has 134 valence electrons. The van der Waals surface area contributed by atoms with E-state index in [0.29, 0.717) is 6.04 Å². The number of piperidine rings is 1. The zero-order chi connectivity index (χ0) is 17.6. The first-order chi connectivity index (χ1) is 12.2. The summed E-state index contributed by atoms with van der Waals surface area (Å²) in [4.78, 5) is 20.8. The van der Waals surface area contributed by atoms with E-state index in [0.717, 1.165) is 60.9 Å². The summed E-state index contributed by atoms with van der Waals surface area (Å²) in [5, 5.41) is 4.41. The minimum Gasteiger partial charge on any atom is -0.335 e. The van der Waals surface area contributed by atoms with Crippen molar-refractivity contribution in [1.29, 1.82) is 0 Å². The number of carbonyl (C=O) groups is 1. The first-order valence-electron chi connectivity index (χ1n) is 9.21. The Morgan fingerprint density at radius 3 is 2.68 bits per heavy atom. The van der Waals surface area contributed by atoms with Crippen LogP contribution in [0.4, 0.5) is 0 Å². The Labute approximate surface area is 154 Å². The molecule has 2 heterocycles. The summed E-state index contributed by atoms with van der Waals surface area (Å²) in [6.07, 6.45) is 3.87. The molecule has 1 aromatic heterocycles. The molecule has 0 spiro atoms. The van der Waals surface area contributed by atoms with E-state index in [4.69, 9.17) is 0 Å². The summed E-state index contributed by atoms with van der Waals surface area (Å²) in [7, 11) is 0. The zero-order valence-electron chi connectivity index (χ0n) is 15.1. The third kappa shape index (κ3) is 4.47. The van der Waals surface area contributed by atoms with E-state index in [1.54, 1.807) is 11.3 Å². The Morgan fingerprint density at radius 1 is 1.28 bits per heavy atom. The molecule has 0 saturated carbocycles. The van der Waals surface area contributed by atoms with Crippen molar-refractivity contribution in [3.05, 3.63) is 51.5 Å². The number of hydrogen-bond donors (Lipinski definition) is 1. The van der Waals surface area contributed by atoms with Crippen molar-refractivity contribution in [2.45, 2.75) is 45.6 Å². The van der Waals surface area contributed by atoms with Crippen LogP contribution in [0.2, 0.25) is 0 Å². The maximum Gasteiger partial charge on any atom is 0.266 e. The van der Waals surface area contributed by atoms with E-state index in [1.165, 1.54) is 5.56 Å². The number of amides is 1. The summed E-state index contributed by atoms with van der Waals surface area (Å²) in [5.74, 6) is 0.170. The highest BCUT2D eigenvalue weighted by Crippen LogP contribution is 2.25. The zero-order valence-corrected chi connectivity index (χ0v) is 15.9. The average molecular weight is 358 g/mol. The van der Waals surface area contributed by atoms with Crippen LogP contribution in [0.15, 0.2) is 30.3 Å². The molecule has 1 N–H and O–H groups in total. The molecule has 1 aliphatic heterocycles. The Balaban J connectivity index is 1.77. The molecule has 2 aromatic rings. The van der Waals surface area contributed by atoms with E-state index >= 15 is 0 Å². The Bertz CT molecular complexity index is 692. The second-order valence-corrected chi connectivity index (χ2v) is 7.75. The lowest BCUT2D eigenvalue weighted by Gasteiger charge is -2.34. The summed E-state index contributed by atoms with van der Waals surface area (Å²) in [6.45, 7) is 6.93. The molecule has 5 heteroatoms. The molecular formula is C20H27N3OS. The Morgan fingerprint density at radius 2 is 2.00 bits per heavy atom. The quantitative estimate of drug-likeness (QED) is 0.858. The summed E-state index contributed by atoms with van der Waals surface area (Å²) in [5.41, 5.74) is 2.11. The van der Waals surface area contributed by atoms with Crippen molar-refractivity contribution >= 4 is 17.2 Å². The number of aromatic nitrogens is 1. The summed E-state index contributed by atoms with van der Waals surface area (Å²) in [6, 6.07) is 10.7. The molecule has 0 aliphatic carbocycles. The van der Waals surface area contributed by atoms with Crippen LogP contribution < -0.4 is 5.32 Å². The van der Waals surface area contributed by atoms with Crippen LogP contribution in [0, 0.1) is 6.92 Å². The lowest BCUT2D eigenvalue weighted by Crippen LogP contribution is -2.46. The van der Waals surface area contributed by atoms with Crippen molar-refractivity contribution in [1.82, 2.24) is 15.2 Å². The highest BCUT2D eigenvalue weighted by molar-refractivity contribution is 7.13. The maximum absolute atomic E-state index is 13.2. The van der Waals surface area contributed by atoms with E-state index in [2.05, 4.69) is 34.3 Å². The van der Waals surface area contributed by atoms with Crippen LogP contribution in [0.5, 0.6) is 0 Å². The SMILES string of the molecule is CCCN(C(=O)c1sc(Cc2ccccc2)nc1C)C1CCNCC1. The summed E-state index contributed by atoms with van der Waals surface area (Å²) >= 11 is 1.56. The van der Waals surface area contributed by atoms with Gasteiger partial charge in [-0.1, -0.05) is 37.3 Å². The fourth-order valence-corrected chi connectivity index (χ4v) is 4.49. The van der Waals surface area contributed by atoms with Crippen molar-refractivity contribution in [3.8, 4) is 0 Å². The van der Waals surface area contributed by atoms with Gasteiger partial charge in [-0.15, -0.1) is 11.3 Å². The third-order valence-corrected chi connectivity index (χ3v) is 5.85. The second kappa shape index (κ2) is 8.59. The molecule has 0 unspecified atom stereocenters. The predicted octanol–water partition coefficient (Wildman–Crippen LogP) is 3.65. The second-order valence-electron chi connectivity index (χ2n) is 6.66. The van der Waals surface area contributed by atoms with Crippen LogP contribution in [-0.2, 0) is 6.42 Å². The van der Waals surface area contributed by atoms with Crippen molar-refractivity contribution in [2.75, 3.05) is 19.6 Å². The standard InChI is InChI=1S/C20H27N3OS/c1-3-13-23(17-9-11-21-12-10-17)20(24)19-15(2)22-18(25-19)14-16-7-5-4-6-8-16/h4-8,17,21H,3,9-14H2,1-2H3. The number of benzene rings is 1. The van der Waals surface area contributed by atoms with E-state index in [-0.39, 0.29) is 5.91 Å². The highest BCUT2D eigenvalue weighted by atomic mass is 32.1. The average Bonchev–Trinajstić information content (AvgIpc) is 3.01. The van der Waals surface area contributed by atoms with Gasteiger partial charge in [0.15, 0.2) is 0 Å². The molecule has 1 aliphatic rings. The lowest BCUT2D eigenvalue weighted by molar-refractivity contribution is 0.0646. The number of hydrogen-bond acceptors (Lipinski definition) is 4. The van der Waals surface area contributed by atoms with Gasteiger partial charge in [0.05, 0.1) is 10.7 Å². The molecule has 1 fully saturated rings. The van der Waals surface area contributed by atoms with E-state index in [1.807, 2.05) is 25.1 Å². The fraction of sp³-hybridized carbons (Fsp3) is 0.500. The molecule has 0 bridgehead atoms. The van der Waals surface area contributed by atoms with Crippen LogP contribution in [0.1, 0.15) is 52.1 Å². The predicted molar refractivity (Wildman–Crippen MR) is 103 cm³/mol. The largest absolute Gasteiger partial charge is 0.335 e. The van der Waals surface area contributed by atoms with E-state index < -0.39 is 0 Å². The molecule has 0 atom stereocenters. The van der Waals surface area contributed by atoms with E-state index in [9.17, 15) is 4.79 Å². The normalized spacial score (nSPS) is 15.3. The number of carbonyl (C=O) groups excluding carboxylic acids is 1. The molecule has 0 radical (unpaired) electrons. The third-order valence-electron chi connectivity index (χ3n) is 4.71. The minimum absolute atomic E-state index is 0.170. The smallest absolute Gasteiger partial charge is 0.266 e. The Kier molecular flexibility index (Phi) is 6.21. The van der Waals surface area contributed by atoms with Gasteiger partial charge in [0, 0.05) is 19.0 Å². The van der Waals surface area contributed by atoms with Crippen molar-refractivity contribution in [2.24, 2.45) is 0 Å². The lowest BCUT2D eigenvalue weighted by atomic mass is 10.0. The molecule has 25 heavy (non-hydrogen) atoms. The van der Waals surface area contributed by atoms with Gasteiger partial charge in [-0.05, 0) is 44.8 Å². The van der Waals surface area contributed by atoms with Gasteiger partial charge in [0.1, 0.15) is 4.88 Å². The van der Waals surface area contributed by atoms with Crippen LogP contribution in [0.3, 0.4) is 0 Å². The van der Waals surface area contributed by atoms with Crippen LogP contribution >= 0.6 is 11.3 Å². The van der Waals surface area contributed by atoms with Gasteiger partial charge in [0.25, 0.3) is 5.91 Å². The monoisotopic (exact) mass is 357 g/mol. The maximum atomic E-state index is 13.2. The van der Waals surface area contributed by atoms with Crippen LogP contribution in [0.25, 0.3) is 0 Å². The van der Waals surface area contributed by atoms with Gasteiger partial charge in [-0.3, -0.25) is 4.79 Å². The number of nitrogens with one attached hydrogen (secondary N) is 1. The van der Waals surface area contributed by atoms with Gasteiger partial charge in [-0.25, -0.2) is 4.98 Å². The van der Waals surface area contributed by atoms with Gasteiger partial charge in [-0.2, -0.15) is 0 Å². The first-order valence-corrected chi connectivity index (χ1v) is 10.0. The van der Waals surface area contributed by atoms with Gasteiger partial charge >= 0.3 is 0 Å². The summed E-state index contributed by atoms with van der Waals surface area (Å²) < 4.78 is 0. The number of thiazole rings is 1. The number of aryl methyl sites for hydroxylation is 1. The van der Waals surface area contributed by atoms with Gasteiger partial charge < -0.3 is 10.2 Å². The van der Waals surface area contributed by atoms with Crippen molar-refractivity contribution in [3.63, 3.8) is 0 Å². The highest BCUT2D eigenvalue weighted by Gasteiger charge is 2.28. The van der Waals surface area contributed by atoms with Crippen LogP contribution in [-0.4, -0.2) is 41.5 Å². The molecule has 1 aromatic carbocycles. The minimum atomic E-state index is 0.170. The number of rotatable bonds is 6. The Hall–Kier alpha value is -1.72. The molecule has 1 saturated heterocycles. The fourth-order valence-electron chi connectivity index (χ4n) is 3.44. The molecule has 3 rings (SSSR count). The number of nitrogens with zero attached hydrogens (tertiary/aromatic N) is 2. The molecule has 4 nitrogen and oxygen atoms in total. The first kappa shape index (κ1) is 18.1. The topological polar surface area (TPSA) is 45.2 Å². The molecule has 1 amide bonds. The van der Waals surface area contributed by atoms with Gasteiger partial charge in [0.2, 0.25) is 0 Å². The van der Waals surface area contributed by atoms with Crippen molar-refractivity contribution < 1.29 is 4.79 Å².